The predicted molar refractivity (Wildman–Crippen MR) is 88.7 cm³/mol. The highest BCUT2D eigenvalue weighted by Gasteiger charge is 2.32. The first kappa shape index (κ1) is 15.7. The van der Waals surface area contributed by atoms with Crippen molar-refractivity contribution in [3.63, 3.8) is 0 Å². The van der Waals surface area contributed by atoms with Gasteiger partial charge in [0, 0.05) is 31.0 Å². The molecule has 1 aromatic heterocycles. The van der Waals surface area contributed by atoms with Crippen LogP contribution in [0.5, 0.6) is 0 Å². The average Bonchev–Trinajstić information content (AvgIpc) is 3.32. The second kappa shape index (κ2) is 6.96. The molecule has 2 aromatic rings. The molecule has 0 aliphatic heterocycles. The molecular weight excluding hydrogens is 290 g/mol. The van der Waals surface area contributed by atoms with Crippen LogP contribution >= 0.6 is 0 Å². The van der Waals surface area contributed by atoms with Crippen LogP contribution in [-0.2, 0) is 0 Å². The van der Waals surface area contributed by atoms with Crippen LogP contribution in [0.1, 0.15) is 41.6 Å². The molecule has 1 aliphatic rings. The van der Waals surface area contributed by atoms with Crippen LogP contribution in [0.4, 0.5) is 0 Å². The van der Waals surface area contributed by atoms with E-state index in [1.807, 2.05) is 53.2 Å². The molecule has 0 radical (unpaired) electrons. The van der Waals surface area contributed by atoms with Crippen LogP contribution in [0.15, 0.2) is 36.7 Å². The summed E-state index contributed by atoms with van der Waals surface area (Å²) in [6.07, 6.45) is 7.56. The van der Waals surface area contributed by atoms with Gasteiger partial charge in [-0.05, 0) is 62.4 Å². The fraction of sp³-hybridized carbons (Fsp3) is 0.444. The van der Waals surface area contributed by atoms with Crippen molar-refractivity contribution in [2.24, 2.45) is 0 Å². The smallest absolute Gasteiger partial charge is 0.254 e. The molecule has 1 amide bonds. The van der Waals surface area contributed by atoms with Gasteiger partial charge < -0.3 is 10.0 Å². The Morgan fingerprint density at radius 2 is 2.04 bits per heavy atom. The largest absolute Gasteiger partial charge is 0.396 e. The van der Waals surface area contributed by atoms with Crippen molar-refractivity contribution in [3.05, 3.63) is 47.8 Å². The Kier molecular flexibility index (Phi) is 4.76. The van der Waals surface area contributed by atoms with Crippen molar-refractivity contribution in [3.8, 4) is 5.69 Å². The van der Waals surface area contributed by atoms with E-state index in [0.29, 0.717) is 11.6 Å². The molecule has 3 rings (SSSR count). The van der Waals surface area contributed by atoms with Gasteiger partial charge in [-0.3, -0.25) is 4.79 Å². The molecule has 0 atom stereocenters. The summed E-state index contributed by atoms with van der Waals surface area (Å²) in [4.78, 5) is 14.7. The molecule has 0 bridgehead atoms. The van der Waals surface area contributed by atoms with Gasteiger partial charge in [0.2, 0.25) is 0 Å². The molecular formula is C18H23N3O2. The van der Waals surface area contributed by atoms with Crippen molar-refractivity contribution < 1.29 is 9.90 Å². The normalized spacial score (nSPS) is 14.0. The van der Waals surface area contributed by atoms with Crippen molar-refractivity contribution in [1.29, 1.82) is 0 Å². The van der Waals surface area contributed by atoms with Crippen molar-refractivity contribution in [1.82, 2.24) is 14.7 Å². The highest BCUT2D eigenvalue weighted by atomic mass is 16.3. The summed E-state index contributed by atoms with van der Waals surface area (Å²) in [5.74, 6) is 0.0913. The van der Waals surface area contributed by atoms with Crippen LogP contribution in [0.25, 0.3) is 5.69 Å². The molecule has 1 fully saturated rings. The van der Waals surface area contributed by atoms with Gasteiger partial charge in [0.1, 0.15) is 0 Å². The average molecular weight is 313 g/mol. The van der Waals surface area contributed by atoms with E-state index in [2.05, 4.69) is 5.10 Å². The number of aliphatic hydroxyl groups is 1. The number of carbonyl (C=O) groups excluding carboxylic acids is 1. The molecule has 5 nitrogen and oxygen atoms in total. The molecule has 1 aromatic carbocycles. The van der Waals surface area contributed by atoms with Gasteiger partial charge >= 0.3 is 0 Å². The van der Waals surface area contributed by atoms with E-state index in [0.717, 1.165) is 43.5 Å². The number of nitrogens with zero attached hydrogens (tertiary/aromatic N) is 3. The Morgan fingerprint density at radius 1 is 1.30 bits per heavy atom. The second-order valence-corrected chi connectivity index (χ2v) is 6.17. The van der Waals surface area contributed by atoms with Crippen LogP contribution in [-0.4, -0.2) is 44.9 Å². The van der Waals surface area contributed by atoms with E-state index >= 15 is 0 Å². The Balaban J connectivity index is 1.70. The topological polar surface area (TPSA) is 58.4 Å². The Bertz CT molecular complexity index is 659. The summed E-state index contributed by atoms with van der Waals surface area (Å²) in [6.45, 7) is 2.91. The number of carbonyl (C=O) groups is 1. The van der Waals surface area contributed by atoms with Gasteiger partial charge in [-0.1, -0.05) is 0 Å². The number of rotatable bonds is 7. The fourth-order valence-corrected chi connectivity index (χ4v) is 2.71. The number of amides is 1. The SMILES string of the molecule is Cc1cnn(-c2ccc(C(=O)N(CCCCO)C3CC3)cc2)c1. The third-order valence-electron chi connectivity index (χ3n) is 4.15. The van der Waals surface area contributed by atoms with E-state index < -0.39 is 0 Å². The summed E-state index contributed by atoms with van der Waals surface area (Å²) in [7, 11) is 0. The summed E-state index contributed by atoms with van der Waals surface area (Å²) in [5.41, 5.74) is 2.77. The number of benzene rings is 1. The van der Waals surface area contributed by atoms with Gasteiger partial charge in [-0.25, -0.2) is 4.68 Å². The zero-order valence-electron chi connectivity index (χ0n) is 13.5. The number of aliphatic hydroxyl groups excluding tert-OH is 1. The maximum absolute atomic E-state index is 12.7. The maximum atomic E-state index is 12.7. The van der Waals surface area contributed by atoms with E-state index in [1.54, 1.807) is 0 Å². The Hall–Kier alpha value is -2.14. The first-order chi connectivity index (χ1) is 11.2. The summed E-state index contributed by atoms with van der Waals surface area (Å²) >= 11 is 0. The van der Waals surface area contributed by atoms with Crippen LogP contribution in [0, 0.1) is 6.92 Å². The lowest BCUT2D eigenvalue weighted by Crippen LogP contribution is -2.34. The second-order valence-electron chi connectivity index (χ2n) is 6.17. The third-order valence-corrected chi connectivity index (χ3v) is 4.15. The molecule has 1 saturated carbocycles. The number of aryl methyl sites for hydroxylation is 1. The summed E-state index contributed by atoms with van der Waals surface area (Å²) < 4.78 is 1.81. The maximum Gasteiger partial charge on any atom is 0.254 e. The van der Waals surface area contributed by atoms with Crippen LogP contribution < -0.4 is 0 Å². The first-order valence-corrected chi connectivity index (χ1v) is 8.22. The molecule has 5 heteroatoms. The standard InChI is InChI=1S/C18H23N3O2/c1-14-12-19-21(13-14)17-6-4-15(5-7-17)18(23)20(16-8-9-16)10-2-3-11-22/h4-7,12-13,16,22H,2-3,8-11H2,1H3. The fourth-order valence-electron chi connectivity index (χ4n) is 2.71. The van der Waals surface area contributed by atoms with Crippen molar-refractivity contribution in [2.75, 3.05) is 13.2 Å². The number of aromatic nitrogens is 2. The highest BCUT2D eigenvalue weighted by Crippen LogP contribution is 2.28. The third kappa shape index (κ3) is 3.79. The van der Waals surface area contributed by atoms with Gasteiger partial charge in [-0.15, -0.1) is 0 Å². The Morgan fingerprint density at radius 3 is 2.61 bits per heavy atom. The van der Waals surface area contributed by atoms with Crippen molar-refractivity contribution >= 4 is 5.91 Å². The minimum absolute atomic E-state index is 0.0913. The van der Waals surface area contributed by atoms with E-state index in [1.165, 1.54) is 0 Å². The minimum Gasteiger partial charge on any atom is -0.396 e. The highest BCUT2D eigenvalue weighted by molar-refractivity contribution is 5.94. The minimum atomic E-state index is 0.0913. The molecule has 1 heterocycles. The Labute approximate surface area is 136 Å². The van der Waals surface area contributed by atoms with E-state index in [9.17, 15) is 4.79 Å². The quantitative estimate of drug-likeness (QED) is 0.799. The van der Waals surface area contributed by atoms with Gasteiger partial charge in [-0.2, -0.15) is 5.10 Å². The van der Waals surface area contributed by atoms with Crippen molar-refractivity contribution in [2.45, 2.75) is 38.6 Å². The monoisotopic (exact) mass is 313 g/mol. The molecule has 1 N–H and O–H groups in total. The number of unbranched alkanes of at least 4 members (excludes halogenated alkanes) is 1. The first-order valence-electron chi connectivity index (χ1n) is 8.22. The van der Waals surface area contributed by atoms with Gasteiger partial charge in [0.05, 0.1) is 11.9 Å². The molecule has 0 unspecified atom stereocenters. The zero-order chi connectivity index (χ0) is 16.2. The van der Waals surface area contributed by atoms with E-state index in [4.69, 9.17) is 5.11 Å². The number of hydrogen-bond acceptors (Lipinski definition) is 3. The molecule has 122 valence electrons. The lowest BCUT2D eigenvalue weighted by molar-refractivity contribution is 0.0737. The molecule has 0 spiro atoms. The van der Waals surface area contributed by atoms with Crippen LogP contribution in [0.3, 0.4) is 0 Å². The summed E-state index contributed by atoms with van der Waals surface area (Å²) in [5, 5.41) is 13.2. The summed E-state index contributed by atoms with van der Waals surface area (Å²) in [6, 6.07) is 7.98. The van der Waals surface area contributed by atoms with Gasteiger partial charge in [0.15, 0.2) is 0 Å². The predicted octanol–water partition coefficient (Wildman–Crippen LogP) is 2.56. The lowest BCUT2D eigenvalue weighted by atomic mass is 10.1. The lowest BCUT2D eigenvalue weighted by Gasteiger charge is -2.22. The van der Waals surface area contributed by atoms with E-state index in [-0.39, 0.29) is 12.5 Å². The molecule has 1 aliphatic carbocycles. The van der Waals surface area contributed by atoms with Gasteiger partial charge in [0.25, 0.3) is 5.91 Å². The van der Waals surface area contributed by atoms with Crippen LogP contribution in [0.2, 0.25) is 0 Å². The molecule has 23 heavy (non-hydrogen) atoms. The zero-order valence-corrected chi connectivity index (χ0v) is 13.5. The molecule has 0 saturated heterocycles. The number of hydrogen-bond donors (Lipinski definition) is 1.